The third kappa shape index (κ3) is 2.84. The zero-order valence-corrected chi connectivity index (χ0v) is 12.1. The molecular formula is C14H21N3O3. The standard InChI is InChI=1S/C14H21N3O3/c1-9(2)6-16-5-4-15-12(13(16)18)17-7-10(3)11(8-17)14(19)20/h4-5,9-11H,6-8H2,1-3H3,(H,19,20). The Bertz CT molecular complexity index is 553. The summed E-state index contributed by atoms with van der Waals surface area (Å²) in [6, 6.07) is 0. The molecule has 1 fully saturated rings. The van der Waals surface area contributed by atoms with Crippen molar-refractivity contribution in [3.05, 3.63) is 22.7 Å². The number of carbonyl (C=O) groups is 1. The van der Waals surface area contributed by atoms with Gasteiger partial charge in [0.25, 0.3) is 5.56 Å². The van der Waals surface area contributed by atoms with E-state index in [1.165, 1.54) is 0 Å². The summed E-state index contributed by atoms with van der Waals surface area (Å²) in [6.07, 6.45) is 3.29. The maximum atomic E-state index is 12.4. The number of hydrogen-bond acceptors (Lipinski definition) is 4. The summed E-state index contributed by atoms with van der Waals surface area (Å²) >= 11 is 0. The van der Waals surface area contributed by atoms with E-state index in [4.69, 9.17) is 5.11 Å². The van der Waals surface area contributed by atoms with Crippen LogP contribution in [0, 0.1) is 17.8 Å². The number of aliphatic carboxylic acids is 1. The normalized spacial score (nSPS) is 22.5. The molecule has 0 radical (unpaired) electrons. The topological polar surface area (TPSA) is 75.4 Å². The van der Waals surface area contributed by atoms with Crippen molar-refractivity contribution in [1.82, 2.24) is 9.55 Å². The van der Waals surface area contributed by atoms with E-state index >= 15 is 0 Å². The molecule has 6 nitrogen and oxygen atoms in total. The zero-order chi connectivity index (χ0) is 14.9. The van der Waals surface area contributed by atoms with Gasteiger partial charge >= 0.3 is 5.97 Å². The Hall–Kier alpha value is -1.85. The SMILES string of the molecule is CC(C)Cn1ccnc(N2CC(C)C(C(=O)O)C2)c1=O. The molecule has 1 aromatic rings. The van der Waals surface area contributed by atoms with Crippen LogP contribution >= 0.6 is 0 Å². The first kappa shape index (κ1) is 14.6. The molecule has 1 aliphatic heterocycles. The van der Waals surface area contributed by atoms with E-state index in [1.54, 1.807) is 21.9 Å². The molecule has 20 heavy (non-hydrogen) atoms. The Kier molecular flexibility index (Phi) is 4.11. The van der Waals surface area contributed by atoms with Gasteiger partial charge in [-0.1, -0.05) is 20.8 Å². The Morgan fingerprint density at radius 3 is 2.75 bits per heavy atom. The van der Waals surface area contributed by atoms with Crippen molar-refractivity contribution >= 4 is 11.8 Å². The van der Waals surface area contributed by atoms with Crippen LogP contribution in [0.3, 0.4) is 0 Å². The van der Waals surface area contributed by atoms with Crippen LogP contribution in [0.2, 0.25) is 0 Å². The largest absolute Gasteiger partial charge is 0.481 e. The van der Waals surface area contributed by atoms with E-state index in [9.17, 15) is 9.59 Å². The second-order valence-corrected chi connectivity index (χ2v) is 5.93. The van der Waals surface area contributed by atoms with Gasteiger partial charge in [-0.05, 0) is 11.8 Å². The molecule has 1 aromatic heterocycles. The third-order valence-corrected chi connectivity index (χ3v) is 3.69. The third-order valence-electron chi connectivity index (χ3n) is 3.69. The minimum Gasteiger partial charge on any atom is -0.481 e. The van der Waals surface area contributed by atoms with Gasteiger partial charge < -0.3 is 14.6 Å². The van der Waals surface area contributed by atoms with Crippen LogP contribution in [-0.4, -0.2) is 33.7 Å². The van der Waals surface area contributed by atoms with E-state index in [-0.39, 0.29) is 11.5 Å². The van der Waals surface area contributed by atoms with Gasteiger partial charge in [-0.25, -0.2) is 4.98 Å². The highest BCUT2D eigenvalue weighted by Gasteiger charge is 2.36. The van der Waals surface area contributed by atoms with Crippen LogP contribution in [0.4, 0.5) is 5.82 Å². The van der Waals surface area contributed by atoms with Gasteiger partial charge in [0.1, 0.15) is 0 Å². The van der Waals surface area contributed by atoms with E-state index < -0.39 is 11.9 Å². The predicted octanol–water partition coefficient (Wildman–Crippen LogP) is 1.06. The first-order valence-electron chi connectivity index (χ1n) is 6.93. The maximum absolute atomic E-state index is 12.4. The number of hydrogen-bond donors (Lipinski definition) is 1. The summed E-state index contributed by atoms with van der Waals surface area (Å²) in [5, 5.41) is 9.16. The van der Waals surface area contributed by atoms with Gasteiger partial charge in [0.2, 0.25) is 0 Å². The molecule has 0 aliphatic carbocycles. The van der Waals surface area contributed by atoms with Crippen LogP contribution in [-0.2, 0) is 11.3 Å². The molecule has 0 saturated carbocycles. The fourth-order valence-corrected chi connectivity index (χ4v) is 2.65. The van der Waals surface area contributed by atoms with Crippen molar-refractivity contribution in [2.45, 2.75) is 27.3 Å². The molecule has 110 valence electrons. The van der Waals surface area contributed by atoms with Crippen molar-refractivity contribution in [1.29, 1.82) is 0 Å². The molecule has 2 unspecified atom stereocenters. The number of aromatic nitrogens is 2. The quantitative estimate of drug-likeness (QED) is 0.891. The Labute approximate surface area is 118 Å². The molecule has 2 atom stereocenters. The average Bonchev–Trinajstić information content (AvgIpc) is 2.73. The number of carboxylic acids is 1. The monoisotopic (exact) mass is 279 g/mol. The van der Waals surface area contributed by atoms with Gasteiger partial charge in [-0.15, -0.1) is 0 Å². The summed E-state index contributed by atoms with van der Waals surface area (Å²) in [7, 11) is 0. The molecule has 1 saturated heterocycles. The first-order valence-corrected chi connectivity index (χ1v) is 6.93. The Balaban J connectivity index is 2.26. The first-order chi connectivity index (χ1) is 9.40. The van der Waals surface area contributed by atoms with E-state index in [0.717, 1.165) is 0 Å². The fourth-order valence-electron chi connectivity index (χ4n) is 2.65. The van der Waals surface area contributed by atoms with E-state index in [1.807, 2.05) is 20.8 Å². The van der Waals surface area contributed by atoms with Crippen molar-refractivity contribution in [2.75, 3.05) is 18.0 Å². The number of anilines is 1. The molecule has 1 N–H and O–H groups in total. The van der Waals surface area contributed by atoms with Crippen LogP contribution in [0.1, 0.15) is 20.8 Å². The molecule has 1 aliphatic rings. The maximum Gasteiger partial charge on any atom is 0.308 e. The van der Waals surface area contributed by atoms with Gasteiger partial charge in [0.05, 0.1) is 5.92 Å². The second-order valence-electron chi connectivity index (χ2n) is 5.93. The highest BCUT2D eigenvalue weighted by Crippen LogP contribution is 2.25. The lowest BCUT2D eigenvalue weighted by Crippen LogP contribution is -2.33. The smallest absolute Gasteiger partial charge is 0.308 e. The fraction of sp³-hybridized carbons (Fsp3) is 0.643. The molecule has 0 amide bonds. The molecule has 0 aromatic carbocycles. The van der Waals surface area contributed by atoms with Crippen LogP contribution in [0.25, 0.3) is 0 Å². The lowest BCUT2D eigenvalue weighted by atomic mass is 9.99. The summed E-state index contributed by atoms with van der Waals surface area (Å²) in [5.74, 6) is -0.489. The molecule has 2 rings (SSSR count). The second kappa shape index (κ2) is 5.64. The van der Waals surface area contributed by atoms with Crippen LogP contribution < -0.4 is 10.5 Å². The van der Waals surface area contributed by atoms with Gasteiger partial charge in [-0.2, -0.15) is 0 Å². The Morgan fingerprint density at radius 1 is 1.50 bits per heavy atom. The number of nitrogens with zero attached hydrogens (tertiary/aromatic N) is 3. The van der Waals surface area contributed by atoms with Crippen molar-refractivity contribution in [3.63, 3.8) is 0 Å². The summed E-state index contributed by atoms with van der Waals surface area (Å²) < 4.78 is 1.64. The summed E-state index contributed by atoms with van der Waals surface area (Å²) in [4.78, 5) is 29.5. The lowest BCUT2D eigenvalue weighted by Gasteiger charge is -2.18. The van der Waals surface area contributed by atoms with Crippen LogP contribution in [0.5, 0.6) is 0 Å². The zero-order valence-electron chi connectivity index (χ0n) is 12.1. The van der Waals surface area contributed by atoms with Crippen LogP contribution in [0.15, 0.2) is 17.2 Å². The summed E-state index contributed by atoms with van der Waals surface area (Å²) in [5.41, 5.74) is -0.139. The molecule has 2 heterocycles. The van der Waals surface area contributed by atoms with Crippen molar-refractivity contribution < 1.29 is 9.90 Å². The highest BCUT2D eigenvalue weighted by molar-refractivity contribution is 5.72. The lowest BCUT2D eigenvalue weighted by molar-refractivity contribution is -0.142. The van der Waals surface area contributed by atoms with E-state index in [2.05, 4.69) is 4.98 Å². The molecular weight excluding hydrogens is 258 g/mol. The van der Waals surface area contributed by atoms with Gasteiger partial charge in [0.15, 0.2) is 5.82 Å². The van der Waals surface area contributed by atoms with E-state index in [0.29, 0.717) is 31.4 Å². The number of carboxylic acid groups (broad SMARTS) is 1. The molecule has 6 heteroatoms. The minimum atomic E-state index is -0.807. The molecule has 0 bridgehead atoms. The average molecular weight is 279 g/mol. The van der Waals surface area contributed by atoms with Crippen molar-refractivity contribution in [3.8, 4) is 0 Å². The number of rotatable bonds is 4. The van der Waals surface area contributed by atoms with Gasteiger partial charge in [0, 0.05) is 32.0 Å². The van der Waals surface area contributed by atoms with Gasteiger partial charge in [-0.3, -0.25) is 9.59 Å². The van der Waals surface area contributed by atoms with Crippen molar-refractivity contribution in [2.24, 2.45) is 17.8 Å². The highest BCUT2D eigenvalue weighted by atomic mass is 16.4. The Morgan fingerprint density at radius 2 is 2.20 bits per heavy atom. The summed E-state index contributed by atoms with van der Waals surface area (Å²) in [6.45, 7) is 7.54. The predicted molar refractivity (Wildman–Crippen MR) is 75.8 cm³/mol. The molecule has 0 spiro atoms. The minimum absolute atomic E-state index is 0.0208.